The van der Waals surface area contributed by atoms with E-state index in [1.807, 2.05) is 30.3 Å². The van der Waals surface area contributed by atoms with Gasteiger partial charge in [-0.2, -0.15) is 0 Å². The number of likely N-dealkylation sites (N-methyl/N-ethyl adjacent to an activating group) is 1. The molecule has 0 aliphatic carbocycles. The number of hydrogen-bond donors (Lipinski definition) is 2. The molecule has 3 N–H and O–H groups in total. The van der Waals surface area contributed by atoms with Crippen LogP contribution in [-0.2, 0) is 20.7 Å². The van der Waals surface area contributed by atoms with Crippen molar-refractivity contribution in [3.8, 4) is 0 Å². The molecular formula is C20H23N3O4. The van der Waals surface area contributed by atoms with E-state index >= 15 is 0 Å². The number of ether oxygens (including phenoxy) is 1. The molecule has 0 heterocycles. The van der Waals surface area contributed by atoms with Gasteiger partial charge in [0.2, 0.25) is 6.10 Å². The first-order chi connectivity index (χ1) is 12.9. The summed E-state index contributed by atoms with van der Waals surface area (Å²) in [4.78, 5) is 37.9. The van der Waals surface area contributed by atoms with E-state index in [0.29, 0.717) is 5.56 Å². The summed E-state index contributed by atoms with van der Waals surface area (Å²) < 4.78 is 5.49. The molecule has 27 heavy (non-hydrogen) atoms. The lowest BCUT2D eigenvalue weighted by Crippen LogP contribution is -2.46. The van der Waals surface area contributed by atoms with Crippen LogP contribution in [-0.4, -0.2) is 42.9 Å². The number of nitrogens with zero attached hydrogens (tertiary/aromatic N) is 1. The number of amides is 3. The molecule has 2 rings (SSSR count). The second-order valence-electron chi connectivity index (χ2n) is 6.21. The summed E-state index contributed by atoms with van der Waals surface area (Å²) in [6.45, 7) is 0. The quantitative estimate of drug-likeness (QED) is 0.724. The molecule has 7 nitrogen and oxygen atoms in total. The first-order valence-electron chi connectivity index (χ1n) is 8.45. The fraction of sp³-hybridized carbons (Fsp3) is 0.250. The molecule has 0 aromatic heterocycles. The molecule has 7 heteroatoms. The minimum absolute atomic E-state index is 0.195. The number of nitrogens with two attached hydrogens (primary N) is 1. The third kappa shape index (κ3) is 5.85. The number of carbonyl (C=O) groups is 3. The fourth-order valence-electron chi connectivity index (χ4n) is 2.54. The summed E-state index contributed by atoms with van der Waals surface area (Å²) in [5.41, 5.74) is 6.57. The van der Waals surface area contributed by atoms with Gasteiger partial charge in [-0.1, -0.05) is 60.7 Å². The fourth-order valence-corrected chi connectivity index (χ4v) is 2.54. The van der Waals surface area contributed by atoms with E-state index in [1.54, 1.807) is 44.4 Å². The van der Waals surface area contributed by atoms with E-state index in [-0.39, 0.29) is 12.3 Å². The third-order valence-electron chi connectivity index (χ3n) is 3.89. The minimum atomic E-state index is -1.11. The standard InChI is InChI=1S/C20H23N3O4/c1-23(2)18(24)17(15-11-7-4-8-12-15)27-19(25)16(22-20(21)26)13-14-9-5-3-6-10-14/h3-12,16-17H,13H2,1-2H3,(H3,21,22,26)/t16-,17-/m0/s1. The van der Waals surface area contributed by atoms with Crippen molar-refractivity contribution in [2.24, 2.45) is 5.73 Å². The molecule has 3 amide bonds. The van der Waals surface area contributed by atoms with Gasteiger partial charge in [0, 0.05) is 26.1 Å². The molecule has 2 aromatic rings. The molecule has 0 spiro atoms. The van der Waals surface area contributed by atoms with Gasteiger partial charge in [0.05, 0.1) is 0 Å². The Hall–Kier alpha value is -3.35. The Kier molecular flexibility index (Phi) is 6.93. The predicted octanol–water partition coefficient (Wildman–Crippen LogP) is 1.64. The van der Waals surface area contributed by atoms with E-state index in [1.165, 1.54) is 4.90 Å². The van der Waals surface area contributed by atoms with Crippen molar-refractivity contribution in [1.82, 2.24) is 10.2 Å². The molecular weight excluding hydrogens is 346 g/mol. The molecule has 142 valence electrons. The van der Waals surface area contributed by atoms with Crippen LogP contribution in [0.25, 0.3) is 0 Å². The van der Waals surface area contributed by atoms with Gasteiger partial charge in [0.1, 0.15) is 6.04 Å². The highest BCUT2D eigenvalue weighted by atomic mass is 16.5. The van der Waals surface area contributed by atoms with E-state index in [2.05, 4.69) is 5.32 Å². The molecule has 0 fully saturated rings. The molecule has 0 aliphatic rings. The molecule has 0 bridgehead atoms. The van der Waals surface area contributed by atoms with E-state index in [0.717, 1.165) is 5.56 Å². The zero-order valence-electron chi connectivity index (χ0n) is 15.3. The van der Waals surface area contributed by atoms with Gasteiger partial charge in [0.15, 0.2) is 0 Å². The van der Waals surface area contributed by atoms with Crippen LogP contribution in [0, 0.1) is 0 Å². The van der Waals surface area contributed by atoms with Crippen LogP contribution >= 0.6 is 0 Å². The molecule has 0 radical (unpaired) electrons. The lowest BCUT2D eigenvalue weighted by molar-refractivity contribution is -0.161. The van der Waals surface area contributed by atoms with Crippen LogP contribution < -0.4 is 11.1 Å². The number of primary amides is 1. The van der Waals surface area contributed by atoms with Crippen LogP contribution in [0.5, 0.6) is 0 Å². The van der Waals surface area contributed by atoms with E-state index in [4.69, 9.17) is 10.5 Å². The van der Waals surface area contributed by atoms with Crippen molar-refractivity contribution >= 4 is 17.9 Å². The van der Waals surface area contributed by atoms with Crippen LogP contribution in [0.15, 0.2) is 60.7 Å². The summed E-state index contributed by atoms with van der Waals surface area (Å²) in [7, 11) is 3.16. The average Bonchev–Trinajstić information content (AvgIpc) is 2.66. The Morgan fingerprint density at radius 2 is 1.56 bits per heavy atom. The molecule has 0 unspecified atom stereocenters. The number of carbonyl (C=O) groups excluding carboxylic acids is 3. The highest BCUT2D eigenvalue weighted by molar-refractivity contribution is 5.88. The topological polar surface area (TPSA) is 102 Å². The second kappa shape index (κ2) is 9.38. The van der Waals surface area contributed by atoms with Crippen LogP contribution in [0.3, 0.4) is 0 Å². The number of urea groups is 1. The Morgan fingerprint density at radius 3 is 2.07 bits per heavy atom. The Morgan fingerprint density at radius 1 is 1.00 bits per heavy atom. The minimum Gasteiger partial charge on any atom is -0.446 e. The molecule has 0 saturated carbocycles. The van der Waals surface area contributed by atoms with Crippen molar-refractivity contribution in [3.05, 3.63) is 71.8 Å². The van der Waals surface area contributed by atoms with E-state index in [9.17, 15) is 14.4 Å². The van der Waals surface area contributed by atoms with Crippen molar-refractivity contribution in [2.45, 2.75) is 18.6 Å². The lowest BCUT2D eigenvalue weighted by Gasteiger charge is -2.24. The van der Waals surface area contributed by atoms with Crippen molar-refractivity contribution in [3.63, 3.8) is 0 Å². The smallest absolute Gasteiger partial charge is 0.330 e. The predicted molar refractivity (Wildman–Crippen MR) is 101 cm³/mol. The Bertz CT molecular complexity index is 778. The normalized spacial score (nSPS) is 12.5. The third-order valence-corrected chi connectivity index (χ3v) is 3.89. The maximum atomic E-state index is 12.7. The number of nitrogens with one attached hydrogen (secondary N) is 1. The summed E-state index contributed by atoms with van der Waals surface area (Å²) in [6, 6.07) is 16.0. The maximum absolute atomic E-state index is 12.7. The van der Waals surface area contributed by atoms with Gasteiger partial charge in [-0.25, -0.2) is 9.59 Å². The monoisotopic (exact) mass is 369 g/mol. The zero-order valence-corrected chi connectivity index (χ0v) is 15.3. The first-order valence-corrected chi connectivity index (χ1v) is 8.45. The number of esters is 1. The zero-order chi connectivity index (χ0) is 19.8. The molecule has 2 atom stereocenters. The summed E-state index contributed by atoms with van der Waals surface area (Å²) >= 11 is 0. The van der Waals surface area contributed by atoms with Gasteiger partial charge in [-0.3, -0.25) is 4.79 Å². The van der Waals surface area contributed by atoms with Crippen molar-refractivity contribution in [1.29, 1.82) is 0 Å². The van der Waals surface area contributed by atoms with Gasteiger partial charge in [0.25, 0.3) is 5.91 Å². The largest absolute Gasteiger partial charge is 0.446 e. The Labute approximate surface area is 158 Å². The molecule has 0 saturated heterocycles. The Balaban J connectivity index is 2.23. The molecule has 0 aliphatic heterocycles. The average molecular weight is 369 g/mol. The first kappa shape index (κ1) is 20.0. The summed E-state index contributed by atoms with van der Waals surface area (Å²) in [5, 5.41) is 2.39. The SMILES string of the molecule is CN(C)C(=O)[C@@H](OC(=O)[C@H](Cc1ccccc1)NC(N)=O)c1ccccc1. The lowest BCUT2D eigenvalue weighted by atomic mass is 10.1. The van der Waals surface area contributed by atoms with Gasteiger partial charge < -0.3 is 20.7 Å². The molecule has 2 aromatic carbocycles. The van der Waals surface area contributed by atoms with Crippen LogP contribution in [0.1, 0.15) is 17.2 Å². The number of hydrogen-bond acceptors (Lipinski definition) is 4. The summed E-state index contributed by atoms with van der Waals surface area (Å²) in [6.07, 6.45) is -0.915. The number of benzene rings is 2. The summed E-state index contributed by atoms with van der Waals surface area (Å²) in [5.74, 6) is -1.12. The highest BCUT2D eigenvalue weighted by Gasteiger charge is 2.30. The van der Waals surface area contributed by atoms with Gasteiger partial charge in [-0.15, -0.1) is 0 Å². The van der Waals surface area contributed by atoms with Crippen molar-refractivity contribution in [2.75, 3.05) is 14.1 Å². The number of rotatable bonds is 7. The van der Waals surface area contributed by atoms with Gasteiger partial charge in [-0.05, 0) is 5.56 Å². The second-order valence-corrected chi connectivity index (χ2v) is 6.21. The van der Waals surface area contributed by atoms with Crippen LogP contribution in [0.4, 0.5) is 4.79 Å². The van der Waals surface area contributed by atoms with Crippen LogP contribution in [0.2, 0.25) is 0 Å². The van der Waals surface area contributed by atoms with Gasteiger partial charge >= 0.3 is 12.0 Å². The maximum Gasteiger partial charge on any atom is 0.330 e. The van der Waals surface area contributed by atoms with Crippen molar-refractivity contribution < 1.29 is 19.1 Å². The van der Waals surface area contributed by atoms with E-state index < -0.39 is 24.1 Å². The highest BCUT2D eigenvalue weighted by Crippen LogP contribution is 2.20.